The standard InChI is InChI=1S/C18H20N2O6S/c1-4-26-18(21)12-19(16-8-6-5-7-13(16)2)27(24,25)17-11-15(20(22)23)10-9-14(17)3/h5-11H,4,12H2,1-3H3. The van der Waals surface area contributed by atoms with Crippen molar-refractivity contribution in [2.75, 3.05) is 17.5 Å². The molecule has 0 aliphatic carbocycles. The van der Waals surface area contributed by atoms with Gasteiger partial charge in [-0.05, 0) is 38.0 Å². The van der Waals surface area contributed by atoms with Gasteiger partial charge in [0.05, 0.1) is 22.1 Å². The number of benzene rings is 2. The van der Waals surface area contributed by atoms with Crippen LogP contribution in [0.3, 0.4) is 0 Å². The van der Waals surface area contributed by atoms with Gasteiger partial charge >= 0.3 is 5.97 Å². The van der Waals surface area contributed by atoms with E-state index in [1.54, 1.807) is 38.1 Å². The van der Waals surface area contributed by atoms with Crippen LogP contribution in [0.1, 0.15) is 18.1 Å². The van der Waals surface area contributed by atoms with Crippen LogP contribution in [-0.4, -0.2) is 32.5 Å². The third kappa shape index (κ3) is 4.43. The van der Waals surface area contributed by atoms with Gasteiger partial charge in [0.2, 0.25) is 0 Å². The van der Waals surface area contributed by atoms with Gasteiger partial charge < -0.3 is 4.74 Å². The van der Waals surface area contributed by atoms with E-state index < -0.39 is 27.5 Å². The molecule has 0 N–H and O–H groups in total. The summed E-state index contributed by atoms with van der Waals surface area (Å²) >= 11 is 0. The van der Waals surface area contributed by atoms with Crippen molar-refractivity contribution in [1.29, 1.82) is 0 Å². The maximum Gasteiger partial charge on any atom is 0.326 e. The summed E-state index contributed by atoms with van der Waals surface area (Å²) in [6.45, 7) is 4.44. The molecule has 0 atom stereocenters. The number of anilines is 1. The van der Waals surface area contributed by atoms with E-state index in [-0.39, 0.29) is 17.2 Å². The molecule has 144 valence electrons. The minimum Gasteiger partial charge on any atom is -0.465 e. The number of esters is 1. The molecule has 0 spiro atoms. The summed E-state index contributed by atoms with van der Waals surface area (Å²) in [5.74, 6) is -0.715. The number of aryl methyl sites for hydroxylation is 2. The molecule has 0 aliphatic rings. The Hall–Kier alpha value is -2.94. The van der Waals surface area contributed by atoms with Gasteiger partial charge in [-0.2, -0.15) is 0 Å². The number of rotatable bonds is 7. The minimum atomic E-state index is -4.25. The molecule has 0 radical (unpaired) electrons. The molecule has 2 rings (SSSR count). The number of hydrogen-bond acceptors (Lipinski definition) is 6. The predicted molar refractivity (Wildman–Crippen MR) is 100 cm³/mol. The summed E-state index contributed by atoms with van der Waals surface area (Å²) in [5.41, 5.74) is 0.924. The second kappa shape index (κ2) is 8.17. The topological polar surface area (TPSA) is 107 Å². The average Bonchev–Trinajstić information content (AvgIpc) is 2.60. The first-order valence-corrected chi connectivity index (χ1v) is 9.61. The molecule has 0 aromatic heterocycles. The molecular weight excluding hydrogens is 372 g/mol. The fourth-order valence-electron chi connectivity index (χ4n) is 2.57. The van der Waals surface area contributed by atoms with Gasteiger partial charge in [-0.1, -0.05) is 24.3 Å². The van der Waals surface area contributed by atoms with Crippen LogP contribution in [0.15, 0.2) is 47.4 Å². The van der Waals surface area contributed by atoms with E-state index in [9.17, 15) is 23.3 Å². The Morgan fingerprint density at radius 3 is 2.41 bits per heavy atom. The van der Waals surface area contributed by atoms with E-state index in [4.69, 9.17) is 4.74 Å². The highest BCUT2D eigenvalue weighted by Gasteiger charge is 2.31. The first-order valence-electron chi connectivity index (χ1n) is 8.17. The lowest BCUT2D eigenvalue weighted by molar-refractivity contribution is -0.385. The van der Waals surface area contributed by atoms with Crippen molar-refractivity contribution in [3.63, 3.8) is 0 Å². The summed E-state index contributed by atoms with van der Waals surface area (Å²) in [6, 6.07) is 10.3. The Kier molecular flexibility index (Phi) is 6.17. The van der Waals surface area contributed by atoms with Crippen molar-refractivity contribution in [3.05, 3.63) is 63.7 Å². The van der Waals surface area contributed by atoms with Gasteiger partial charge in [0.15, 0.2) is 0 Å². The number of sulfonamides is 1. The van der Waals surface area contributed by atoms with Crippen LogP contribution in [0, 0.1) is 24.0 Å². The minimum absolute atomic E-state index is 0.107. The second-order valence-corrected chi connectivity index (χ2v) is 7.64. The van der Waals surface area contributed by atoms with E-state index in [2.05, 4.69) is 0 Å². The number of para-hydroxylation sites is 1. The van der Waals surface area contributed by atoms with Crippen molar-refractivity contribution in [2.24, 2.45) is 0 Å². The summed E-state index contributed by atoms with van der Waals surface area (Å²) in [7, 11) is -4.25. The molecule has 8 nitrogen and oxygen atoms in total. The van der Waals surface area contributed by atoms with E-state index in [0.29, 0.717) is 16.8 Å². The molecule has 2 aromatic rings. The molecular formula is C18H20N2O6S. The number of ether oxygens (including phenoxy) is 1. The Bertz CT molecular complexity index is 972. The van der Waals surface area contributed by atoms with Crippen molar-refractivity contribution < 1.29 is 22.9 Å². The number of nitro benzene ring substituents is 1. The number of non-ortho nitro benzene ring substituents is 1. The number of nitrogens with zero attached hydrogens (tertiary/aromatic N) is 2. The summed E-state index contributed by atoms with van der Waals surface area (Å²) < 4.78 is 32.5. The molecule has 0 aliphatic heterocycles. The fourth-order valence-corrected chi connectivity index (χ4v) is 4.29. The normalized spacial score (nSPS) is 11.1. The van der Waals surface area contributed by atoms with E-state index in [1.165, 1.54) is 19.1 Å². The molecule has 0 saturated heterocycles. The number of hydrogen-bond donors (Lipinski definition) is 0. The average molecular weight is 392 g/mol. The van der Waals surface area contributed by atoms with E-state index in [0.717, 1.165) is 10.4 Å². The molecule has 0 bridgehead atoms. The molecule has 0 heterocycles. The smallest absolute Gasteiger partial charge is 0.326 e. The van der Waals surface area contributed by atoms with Crippen LogP contribution < -0.4 is 4.31 Å². The second-order valence-electron chi connectivity index (χ2n) is 5.81. The Labute approximate surface area is 157 Å². The van der Waals surface area contributed by atoms with Crippen molar-refractivity contribution in [2.45, 2.75) is 25.7 Å². The molecule has 2 aromatic carbocycles. The highest BCUT2D eigenvalue weighted by atomic mass is 32.2. The van der Waals surface area contributed by atoms with E-state index >= 15 is 0 Å². The lowest BCUT2D eigenvalue weighted by atomic mass is 10.2. The molecule has 0 fully saturated rings. The highest BCUT2D eigenvalue weighted by molar-refractivity contribution is 7.93. The summed E-state index contributed by atoms with van der Waals surface area (Å²) in [5, 5.41) is 11.1. The summed E-state index contributed by atoms with van der Waals surface area (Å²) in [6.07, 6.45) is 0. The SMILES string of the molecule is CCOC(=O)CN(c1ccccc1C)S(=O)(=O)c1cc([N+](=O)[O-])ccc1C. The van der Waals surface area contributed by atoms with E-state index in [1.807, 2.05) is 0 Å². The van der Waals surface area contributed by atoms with Gasteiger partial charge in [-0.15, -0.1) is 0 Å². The lowest BCUT2D eigenvalue weighted by Crippen LogP contribution is -2.37. The zero-order valence-electron chi connectivity index (χ0n) is 15.2. The Morgan fingerprint density at radius 1 is 1.15 bits per heavy atom. The molecule has 0 saturated carbocycles. The monoisotopic (exact) mass is 392 g/mol. The van der Waals surface area contributed by atoms with Gasteiger partial charge in [0.25, 0.3) is 15.7 Å². The van der Waals surface area contributed by atoms with Crippen LogP contribution in [0.4, 0.5) is 11.4 Å². The van der Waals surface area contributed by atoms with Gasteiger partial charge in [0, 0.05) is 12.1 Å². The molecule has 9 heteroatoms. The number of carbonyl (C=O) groups is 1. The number of nitro groups is 1. The quantitative estimate of drug-likeness (QED) is 0.407. The molecule has 27 heavy (non-hydrogen) atoms. The highest BCUT2D eigenvalue weighted by Crippen LogP contribution is 2.30. The van der Waals surface area contributed by atoms with Gasteiger partial charge in [0.1, 0.15) is 6.54 Å². The zero-order chi connectivity index (χ0) is 20.2. The number of carbonyl (C=O) groups excluding carboxylic acids is 1. The first-order chi connectivity index (χ1) is 12.7. The van der Waals surface area contributed by atoms with Gasteiger partial charge in [-0.25, -0.2) is 8.42 Å². The van der Waals surface area contributed by atoms with Crippen LogP contribution >= 0.6 is 0 Å². The first kappa shape index (κ1) is 20.4. The van der Waals surface area contributed by atoms with Crippen molar-refractivity contribution in [1.82, 2.24) is 0 Å². The third-order valence-electron chi connectivity index (χ3n) is 3.91. The molecule has 0 amide bonds. The van der Waals surface area contributed by atoms with Crippen molar-refractivity contribution in [3.8, 4) is 0 Å². The van der Waals surface area contributed by atoms with Crippen LogP contribution in [-0.2, 0) is 19.6 Å². The van der Waals surface area contributed by atoms with Crippen LogP contribution in [0.25, 0.3) is 0 Å². The van der Waals surface area contributed by atoms with Crippen LogP contribution in [0.2, 0.25) is 0 Å². The summed E-state index contributed by atoms with van der Waals surface area (Å²) in [4.78, 5) is 22.2. The zero-order valence-corrected chi connectivity index (χ0v) is 16.0. The molecule has 0 unspecified atom stereocenters. The predicted octanol–water partition coefficient (Wildman–Crippen LogP) is 2.97. The maximum absolute atomic E-state index is 13.3. The van der Waals surface area contributed by atoms with Gasteiger partial charge in [-0.3, -0.25) is 19.2 Å². The van der Waals surface area contributed by atoms with Crippen LogP contribution in [0.5, 0.6) is 0 Å². The largest absolute Gasteiger partial charge is 0.465 e. The third-order valence-corrected chi connectivity index (χ3v) is 5.81. The Balaban J connectivity index is 2.64. The fraction of sp³-hybridized carbons (Fsp3) is 0.278. The maximum atomic E-state index is 13.3. The lowest BCUT2D eigenvalue weighted by Gasteiger charge is -2.25. The van der Waals surface area contributed by atoms with Crippen molar-refractivity contribution >= 4 is 27.4 Å². The Morgan fingerprint density at radius 2 is 1.81 bits per heavy atom.